The number of aromatic nitrogens is 1. The van der Waals surface area contributed by atoms with Crippen LogP contribution in [0.4, 0.5) is 0 Å². The van der Waals surface area contributed by atoms with Crippen molar-refractivity contribution >= 4 is 23.7 Å². The molecule has 0 saturated heterocycles. The van der Waals surface area contributed by atoms with Gasteiger partial charge in [-0.2, -0.15) is 5.26 Å². The summed E-state index contributed by atoms with van der Waals surface area (Å²) in [5, 5.41) is 32.9. The number of benzene rings is 2. The third-order valence-corrected chi connectivity index (χ3v) is 5.22. The van der Waals surface area contributed by atoms with Gasteiger partial charge in [0.15, 0.2) is 12.1 Å². The van der Waals surface area contributed by atoms with Gasteiger partial charge >= 0.3 is 32.4 Å². The number of hydrogen-bond donors (Lipinski definition) is 0. The second-order valence-corrected chi connectivity index (χ2v) is 7.96. The van der Waals surface area contributed by atoms with Crippen LogP contribution in [0.3, 0.4) is 0 Å². The van der Waals surface area contributed by atoms with Gasteiger partial charge < -0.3 is 19.7 Å². The van der Waals surface area contributed by atoms with Crippen molar-refractivity contribution in [3.05, 3.63) is 101 Å². The molecule has 0 aliphatic carbocycles. The zero-order valence-electron chi connectivity index (χ0n) is 22.1. The van der Waals surface area contributed by atoms with Crippen molar-refractivity contribution in [2.45, 2.75) is 31.8 Å². The third kappa shape index (κ3) is 10.8. The molecule has 2 atom stereocenters. The van der Waals surface area contributed by atoms with Gasteiger partial charge in [0.25, 0.3) is 0 Å². The fourth-order valence-corrected chi connectivity index (χ4v) is 3.40. The van der Waals surface area contributed by atoms with Gasteiger partial charge in [0.1, 0.15) is 0 Å². The van der Waals surface area contributed by atoms with Gasteiger partial charge in [-0.25, -0.2) is 14.6 Å². The van der Waals surface area contributed by atoms with Gasteiger partial charge in [0.2, 0.25) is 0 Å². The summed E-state index contributed by atoms with van der Waals surface area (Å²) in [4.78, 5) is 36.5. The first-order chi connectivity index (χ1) is 18.8. The van der Waals surface area contributed by atoms with E-state index in [-0.39, 0.29) is 44.7 Å². The van der Waals surface area contributed by atoms with Gasteiger partial charge in [0.05, 0.1) is 31.7 Å². The molecule has 0 radical (unpaired) electrons. The summed E-state index contributed by atoms with van der Waals surface area (Å²) in [6, 6.07) is 21.9. The Morgan fingerprint density at radius 2 is 1.12 bits per heavy atom. The van der Waals surface area contributed by atoms with Crippen LogP contribution in [0.5, 0.6) is 0 Å². The van der Waals surface area contributed by atoms with E-state index in [9.17, 15) is 19.8 Å². The average Bonchev–Trinajstić information content (AvgIpc) is 2.97. The predicted octanol–water partition coefficient (Wildman–Crippen LogP) is 1.39. The number of ether oxygens (including phenoxy) is 2. The van der Waals surface area contributed by atoms with Crippen LogP contribution in [0.25, 0.3) is 0 Å². The number of pyridine rings is 1. The maximum Gasteiger partial charge on any atom is 2.00 e. The van der Waals surface area contributed by atoms with Crippen molar-refractivity contribution in [2.75, 3.05) is 14.2 Å². The number of carbonyl (C=O) groups is 2. The molecular formula is C29H28N4O6Pd. The topological polar surface area (TPSA) is 160 Å². The fraction of sp³-hybridized carbons (Fsp3) is 0.241. The van der Waals surface area contributed by atoms with E-state index >= 15 is 0 Å². The van der Waals surface area contributed by atoms with Crippen LogP contribution in [0.1, 0.15) is 29.4 Å². The van der Waals surface area contributed by atoms with E-state index in [1.54, 1.807) is 6.07 Å². The Bertz CT molecular complexity index is 1230. The molecule has 1 heterocycles. The van der Waals surface area contributed by atoms with Crippen LogP contribution in [-0.2, 0) is 52.3 Å². The molecule has 0 aliphatic rings. The van der Waals surface area contributed by atoms with Crippen molar-refractivity contribution in [3.8, 4) is 6.07 Å². The molecule has 11 heteroatoms. The summed E-state index contributed by atoms with van der Waals surface area (Å²) in [7, 11) is 2.43. The standard InChI is InChI=1S/C27H27N3O6.C2H3N.Pd/c1-35-26(33)22(16-18-10-5-3-6-11-18)29-24(31)20-14-9-15-21(28-20)25(32)30-23(27(34)36-2)17-19-12-7-4-8-13-19;1-2-3;/h3-15,22-23H,16-17H2,1-2H3,(H,29,31)(H,30,32);1H3;/q;;+2/p-2/t22-,23-;;/m0../s1. The number of esters is 2. The number of aliphatic imine (C=N–C) groups is 2. The van der Waals surface area contributed by atoms with Crippen molar-refractivity contribution in [2.24, 2.45) is 9.98 Å². The van der Waals surface area contributed by atoms with Gasteiger partial charge in [-0.3, -0.25) is 9.98 Å². The molecule has 0 unspecified atom stereocenters. The molecule has 0 N–H and O–H groups in total. The molecule has 0 bridgehead atoms. The second-order valence-electron chi connectivity index (χ2n) is 7.96. The summed E-state index contributed by atoms with van der Waals surface area (Å²) in [6.07, 6.45) is 0.320. The minimum absolute atomic E-state index is 0. The smallest absolute Gasteiger partial charge is 0.857 e. The molecule has 3 aromatic rings. The Labute approximate surface area is 246 Å². The van der Waals surface area contributed by atoms with E-state index in [0.29, 0.717) is 0 Å². The number of methoxy groups -OCH3 is 2. The Hall–Kier alpha value is -4.38. The SMILES string of the molecule is CC#N.COC(=O)[C@H](Cc1ccccc1)N=C([O-])c1cccc(C([O-])=N[C@@H](Cc2ccccc2)C(=O)OC)n1.[Pd+2]. The number of nitrogens with zero attached hydrogens (tertiary/aromatic N) is 4. The number of carbonyl (C=O) groups excluding carboxylic acids is 2. The number of nitriles is 1. The van der Waals surface area contributed by atoms with Crippen LogP contribution in [0, 0.1) is 11.3 Å². The van der Waals surface area contributed by atoms with Crippen LogP contribution in [0.2, 0.25) is 0 Å². The van der Waals surface area contributed by atoms with Gasteiger partial charge in [-0.1, -0.05) is 66.7 Å². The van der Waals surface area contributed by atoms with Gasteiger partial charge in [-0.15, -0.1) is 0 Å². The first kappa shape index (κ1) is 33.7. The second kappa shape index (κ2) is 18.0. The molecule has 3 rings (SSSR count). The van der Waals surface area contributed by atoms with Crippen molar-refractivity contribution in [1.29, 1.82) is 5.26 Å². The Morgan fingerprint density at radius 1 is 0.775 bits per heavy atom. The third-order valence-electron chi connectivity index (χ3n) is 5.22. The molecule has 1 aromatic heterocycles. The fourth-order valence-electron chi connectivity index (χ4n) is 3.40. The summed E-state index contributed by atoms with van der Waals surface area (Å²) in [6.45, 7) is 1.43. The normalized spacial score (nSPS) is 12.3. The first-order valence-corrected chi connectivity index (χ1v) is 11.8. The maximum absolute atomic E-state index is 12.8. The van der Waals surface area contributed by atoms with E-state index in [4.69, 9.17) is 14.7 Å². The quantitative estimate of drug-likeness (QED) is 0.140. The molecule has 0 saturated carbocycles. The molecule has 0 aliphatic heterocycles. The summed E-state index contributed by atoms with van der Waals surface area (Å²) in [5.41, 5.74) is 1.31. The van der Waals surface area contributed by atoms with Crippen molar-refractivity contribution in [3.63, 3.8) is 0 Å². The Kier molecular flexibility index (Phi) is 15.1. The summed E-state index contributed by atoms with van der Waals surface area (Å²) < 4.78 is 9.58. The zero-order valence-corrected chi connectivity index (χ0v) is 23.7. The van der Waals surface area contributed by atoms with E-state index < -0.39 is 35.8 Å². The maximum atomic E-state index is 12.8. The monoisotopic (exact) mass is 634 g/mol. The largest absolute Gasteiger partial charge is 2.00 e. The summed E-state index contributed by atoms with van der Waals surface area (Å²) in [5.74, 6) is -2.91. The van der Waals surface area contributed by atoms with Crippen LogP contribution < -0.4 is 10.2 Å². The van der Waals surface area contributed by atoms with E-state index in [1.807, 2.05) is 60.7 Å². The van der Waals surface area contributed by atoms with Gasteiger partial charge in [-0.05, 0) is 23.3 Å². The Morgan fingerprint density at radius 3 is 1.45 bits per heavy atom. The number of hydrogen-bond acceptors (Lipinski definition) is 10. The van der Waals surface area contributed by atoms with Gasteiger partial charge in [0, 0.05) is 31.6 Å². The van der Waals surface area contributed by atoms with E-state index in [1.165, 1.54) is 39.3 Å². The van der Waals surface area contributed by atoms with Crippen molar-refractivity contribution in [1.82, 2.24) is 4.98 Å². The molecule has 10 nitrogen and oxygen atoms in total. The minimum atomic E-state index is -1.08. The van der Waals surface area contributed by atoms with Crippen LogP contribution in [-0.4, -0.2) is 55.0 Å². The zero-order chi connectivity index (χ0) is 28.6. The molecule has 0 fully saturated rings. The molecule has 0 amide bonds. The molecule has 0 spiro atoms. The van der Waals surface area contributed by atoms with Crippen LogP contribution in [0.15, 0.2) is 88.8 Å². The Balaban J connectivity index is 0.00000191. The predicted molar refractivity (Wildman–Crippen MR) is 140 cm³/mol. The van der Waals surface area contributed by atoms with E-state index in [0.717, 1.165) is 11.1 Å². The van der Waals surface area contributed by atoms with Crippen LogP contribution >= 0.6 is 0 Å². The molecule has 210 valence electrons. The molecule has 40 heavy (non-hydrogen) atoms. The minimum Gasteiger partial charge on any atom is -0.857 e. The molecular weight excluding hydrogens is 607 g/mol. The molecule has 2 aromatic carbocycles. The first-order valence-electron chi connectivity index (χ1n) is 11.8. The van der Waals surface area contributed by atoms with E-state index in [2.05, 4.69) is 15.0 Å². The summed E-state index contributed by atoms with van der Waals surface area (Å²) >= 11 is 0. The number of rotatable bonds is 10. The average molecular weight is 635 g/mol. The van der Waals surface area contributed by atoms with Crippen molar-refractivity contribution < 1.29 is 49.7 Å².